The van der Waals surface area contributed by atoms with Crippen LogP contribution < -0.4 is 5.32 Å². The van der Waals surface area contributed by atoms with Gasteiger partial charge in [-0.15, -0.1) is 0 Å². The van der Waals surface area contributed by atoms with Crippen molar-refractivity contribution >= 4 is 16.7 Å². The molecule has 0 bridgehead atoms. The maximum absolute atomic E-state index is 12.2. The van der Waals surface area contributed by atoms with Gasteiger partial charge in [0.15, 0.2) is 0 Å². The molecule has 2 atom stereocenters. The summed E-state index contributed by atoms with van der Waals surface area (Å²) in [7, 11) is 0. The molecule has 1 amide bonds. The molecular formula is C18H21NO2. The Morgan fingerprint density at radius 2 is 1.86 bits per heavy atom. The normalized spacial score (nSPS) is 22.1. The molecule has 2 unspecified atom stereocenters. The summed E-state index contributed by atoms with van der Waals surface area (Å²) in [5.41, 5.74) is 0.680. The Labute approximate surface area is 125 Å². The van der Waals surface area contributed by atoms with E-state index in [4.69, 9.17) is 0 Å². The van der Waals surface area contributed by atoms with Crippen LogP contribution in [0.4, 0.5) is 0 Å². The van der Waals surface area contributed by atoms with Gasteiger partial charge in [-0.3, -0.25) is 4.79 Å². The largest absolute Gasteiger partial charge is 0.393 e. The van der Waals surface area contributed by atoms with Gasteiger partial charge in [-0.2, -0.15) is 0 Å². The van der Waals surface area contributed by atoms with E-state index in [1.165, 1.54) is 0 Å². The number of fused-ring (bicyclic) bond motifs is 1. The smallest absolute Gasteiger partial charge is 0.251 e. The van der Waals surface area contributed by atoms with E-state index in [2.05, 4.69) is 5.32 Å². The van der Waals surface area contributed by atoms with E-state index in [-0.39, 0.29) is 17.9 Å². The molecule has 0 aromatic heterocycles. The molecule has 0 saturated heterocycles. The van der Waals surface area contributed by atoms with E-state index in [1.807, 2.05) is 42.5 Å². The Morgan fingerprint density at radius 3 is 2.67 bits per heavy atom. The third-order valence-electron chi connectivity index (χ3n) is 4.41. The molecule has 3 rings (SSSR count). The summed E-state index contributed by atoms with van der Waals surface area (Å²) in [6, 6.07) is 13.8. The highest BCUT2D eigenvalue weighted by Gasteiger charge is 2.23. The number of aliphatic hydroxyl groups excluding tert-OH is 1. The van der Waals surface area contributed by atoms with Crippen LogP contribution in [0.5, 0.6) is 0 Å². The van der Waals surface area contributed by atoms with Crippen molar-refractivity contribution in [1.29, 1.82) is 0 Å². The Hall–Kier alpha value is -1.87. The van der Waals surface area contributed by atoms with Crippen molar-refractivity contribution < 1.29 is 9.90 Å². The summed E-state index contributed by atoms with van der Waals surface area (Å²) in [5, 5.41) is 15.1. The Kier molecular flexibility index (Phi) is 4.20. The highest BCUT2D eigenvalue weighted by atomic mass is 16.3. The van der Waals surface area contributed by atoms with Gasteiger partial charge in [0.2, 0.25) is 0 Å². The van der Waals surface area contributed by atoms with Crippen molar-refractivity contribution in [2.45, 2.75) is 31.8 Å². The Morgan fingerprint density at radius 1 is 1.10 bits per heavy atom. The highest BCUT2D eigenvalue weighted by molar-refractivity contribution is 5.98. The minimum absolute atomic E-state index is 0.0569. The molecule has 3 heteroatoms. The van der Waals surface area contributed by atoms with Crippen LogP contribution in [0.2, 0.25) is 0 Å². The molecule has 1 aliphatic rings. The first kappa shape index (κ1) is 14.1. The van der Waals surface area contributed by atoms with Gasteiger partial charge in [0.25, 0.3) is 5.91 Å². The van der Waals surface area contributed by atoms with E-state index in [0.29, 0.717) is 12.1 Å². The number of rotatable bonds is 3. The number of amides is 1. The average molecular weight is 283 g/mol. The zero-order valence-corrected chi connectivity index (χ0v) is 12.1. The van der Waals surface area contributed by atoms with Crippen LogP contribution in [0.25, 0.3) is 10.8 Å². The van der Waals surface area contributed by atoms with Gasteiger partial charge in [-0.25, -0.2) is 0 Å². The summed E-state index contributed by atoms with van der Waals surface area (Å²) >= 11 is 0. The fraction of sp³-hybridized carbons (Fsp3) is 0.389. The van der Waals surface area contributed by atoms with Crippen molar-refractivity contribution in [1.82, 2.24) is 5.32 Å². The third kappa shape index (κ3) is 3.24. The number of carbonyl (C=O) groups is 1. The number of benzene rings is 2. The Bertz CT molecular complexity index is 638. The number of hydrogen-bond donors (Lipinski definition) is 2. The van der Waals surface area contributed by atoms with Crippen LogP contribution >= 0.6 is 0 Å². The second-order valence-corrected chi connectivity index (χ2v) is 5.88. The lowest BCUT2D eigenvalue weighted by Gasteiger charge is -2.27. The van der Waals surface area contributed by atoms with Crippen molar-refractivity contribution in [3.63, 3.8) is 0 Å². The fourth-order valence-corrected chi connectivity index (χ4v) is 3.08. The summed E-state index contributed by atoms with van der Waals surface area (Å²) in [5.74, 6) is 0.140. The monoisotopic (exact) mass is 283 g/mol. The van der Waals surface area contributed by atoms with E-state index in [0.717, 1.165) is 36.5 Å². The molecule has 1 aliphatic carbocycles. The topological polar surface area (TPSA) is 49.3 Å². The predicted octanol–water partition coefficient (Wildman–Crippen LogP) is 3.12. The summed E-state index contributed by atoms with van der Waals surface area (Å²) < 4.78 is 0. The lowest BCUT2D eigenvalue weighted by atomic mass is 9.86. The summed E-state index contributed by atoms with van der Waals surface area (Å²) in [4.78, 5) is 12.2. The molecule has 2 aromatic rings. The van der Waals surface area contributed by atoms with Crippen LogP contribution in [0.15, 0.2) is 42.5 Å². The molecule has 21 heavy (non-hydrogen) atoms. The molecule has 0 aliphatic heterocycles. The predicted molar refractivity (Wildman–Crippen MR) is 84.2 cm³/mol. The highest BCUT2D eigenvalue weighted by Crippen LogP contribution is 2.23. The van der Waals surface area contributed by atoms with E-state index >= 15 is 0 Å². The molecule has 0 heterocycles. The molecule has 0 radical (unpaired) electrons. The first-order valence-electron chi connectivity index (χ1n) is 7.69. The van der Waals surface area contributed by atoms with Gasteiger partial charge >= 0.3 is 0 Å². The SMILES string of the molecule is O=C(NCC1CCCCC1O)c1ccc2ccccc2c1. The summed E-state index contributed by atoms with van der Waals surface area (Å²) in [6.45, 7) is 0.562. The standard InChI is InChI=1S/C18H21NO2/c20-17-8-4-3-7-16(17)12-19-18(21)15-10-9-13-5-1-2-6-14(13)11-15/h1-2,5-6,9-11,16-17,20H,3-4,7-8,12H2,(H,19,21). The molecule has 110 valence electrons. The Balaban J connectivity index is 1.66. The maximum Gasteiger partial charge on any atom is 0.251 e. The van der Waals surface area contributed by atoms with Gasteiger partial charge in [0.1, 0.15) is 0 Å². The first-order chi connectivity index (χ1) is 10.2. The number of nitrogens with one attached hydrogen (secondary N) is 1. The number of carbonyl (C=O) groups excluding carboxylic acids is 1. The lowest BCUT2D eigenvalue weighted by Crippen LogP contribution is -2.36. The van der Waals surface area contributed by atoms with Gasteiger partial charge in [0.05, 0.1) is 6.10 Å². The van der Waals surface area contributed by atoms with E-state index < -0.39 is 0 Å². The van der Waals surface area contributed by atoms with Crippen LogP contribution in [0, 0.1) is 5.92 Å². The number of hydrogen-bond acceptors (Lipinski definition) is 2. The molecule has 2 aromatic carbocycles. The van der Waals surface area contributed by atoms with Crippen molar-refractivity contribution in [2.24, 2.45) is 5.92 Å². The fourth-order valence-electron chi connectivity index (χ4n) is 3.08. The van der Waals surface area contributed by atoms with Crippen molar-refractivity contribution in [2.75, 3.05) is 6.54 Å². The van der Waals surface area contributed by atoms with Crippen LogP contribution in [-0.2, 0) is 0 Å². The van der Waals surface area contributed by atoms with E-state index in [9.17, 15) is 9.90 Å². The second-order valence-electron chi connectivity index (χ2n) is 5.88. The van der Waals surface area contributed by atoms with Crippen LogP contribution in [-0.4, -0.2) is 23.7 Å². The van der Waals surface area contributed by atoms with Gasteiger partial charge in [0, 0.05) is 18.0 Å². The zero-order valence-electron chi connectivity index (χ0n) is 12.1. The van der Waals surface area contributed by atoms with Gasteiger partial charge < -0.3 is 10.4 Å². The number of aliphatic hydroxyl groups is 1. The second kappa shape index (κ2) is 6.27. The first-order valence-corrected chi connectivity index (χ1v) is 7.69. The maximum atomic E-state index is 12.2. The third-order valence-corrected chi connectivity index (χ3v) is 4.41. The van der Waals surface area contributed by atoms with Gasteiger partial charge in [-0.1, -0.05) is 43.2 Å². The molecular weight excluding hydrogens is 262 g/mol. The van der Waals surface area contributed by atoms with E-state index in [1.54, 1.807) is 0 Å². The minimum atomic E-state index is -0.268. The van der Waals surface area contributed by atoms with Crippen LogP contribution in [0.1, 0.15) is 36.0 Å². The summed E-state index contributed by atoms with van der Waals surface area (Å²) in [6.07, 6.45) is 3.83. The zero-order chi connectivity index (χ0) is 14.7. The molecule has 2 N–H and O–H groups in total. The lowest BCUT2D eigenvalue weighted by molar-refractivity contribution is 0.0663. The molecule has 1 saturated carbocycles. The minimum Gasteiger partial charge on any atom is -0.393 e. The van der Waals surface area contributed by atoms with Gasteiger partial charge in [-0.05, 0) is 35.7 Å². The molecule has 1 fully saturated rings. The molecule has 3 nitrogen and oxygen atoms in total. The van der Waals surface area contributed by atoms with Crippen LogP contribution in [0.3, 0.4) is 0 Å². The van der Waals surface area contributed by atoms with Crippen molar-refractivity contribution in [3.05, 3.63) is 48.0 Å². The average Bonchev–Trinajstić information content (AvgIpc) is 2.53. The molecule has 0 spiro atoms. The van der Waals surface area contributed by atoms with Crippen molar-refractivity contribution in [3.8, 4) is 0 Å². The quantitative estimate of drug-likeness (QED) is 0.909.